The summed E-state index contributed by atoms with van der Waals surface area (Å²) in [4.78, 5) is 44.4. The van der Waals surface area contributed by atoms with Crippen molar-refractivity contribution in [2.24, 2.45) is 0 Å². The summed E-state index contributed by atoms with van der Waals surface area (Å²) in [7, 11) is 0. The molecule has 1 unspecified atom stereocenters. The lowest BCUT2D eigenvalue weighted by Gasteiger charge is -2.34. The van der Waals surface area contributed by atoms with Gasteiger partial charge in [-0.05, 0) is 18.6 Å². The van der Waals surface area contributed by atoms with E-state index in [0.717, 1.165) is 5.75 Å². The van der Waals surface area contributed by atoms with Gasteiger partial charge < -0.3 is 15.0 Å². The molecule has 1 fully saturated rings. The average Bonchev–Trinajstić information content (AvgIpc) is 2.61. The number of aromatic amines is 1. The summed E-state index contributed by atoms with van der Waals surface area (Å²) in [6, 6.07) is 6.91. The number of carboxylic acids is 1. The number of nitrogens with zero attached hydrogens (tertiary/aromatic N) is 2. The maximum Gasteiger partial charge on any atom is 0.305 e. The van der Waals surface area contributed by atoms with Crippen LogP contribution in [-0.4, -0.2) is 55.9 Å². The normalized spacial score (nSPS) is 17.4. The molecule has 1 amide bonds. The highest BCUT2D eigenvalue weighted by Gasteiger charge is 2.28. The molecule has 2 aromatic rings. The number of aliphatic carboxylic acids is 1. The molecule has 2 heterocycles. The molecule has 138 valence electrons. The van der Waals surface area contributed by atoms with Gasteiger partial charge in [-0.2, -0.15) is 11.8 Å². The minimum Gasteiger partial charge on any atom is -0.481 e. The molecule has 0 radical (unpaired) electrons. The van der Waals surface area contributed by atoms with Crippen molar-refractivity contribution < 1.29 is 14.7 Å². The third-order valence-electron chi connectivity index (χ3n) is 4.42. The second kappa shape index (κ2) is 8.35. The van der Waals surface area contributed by atoms with E-state index in [2.05, 4.69) is 9.97 Å². The molecule has 0 saturated carbocycles. The Bertz CT molecular complexity index is 867. The Morgan fingerprint density at radius 1 is 1.35 bits per heavy atom. The van der Waals surface area contributed by atoms with Gasteiger partial charge in [0.2, 0.25) is 5.91 Å². The van der Waals surface area contributed by atoms with Gasteiger partial charge in [0.25, 0.3) is 5.56 Å². The number of amides is 1. The number of hydrogen-bond acceptors (Lipinski definition) is 5. The van der Waals surface area contributed by atoms with Crippen molar-refractivity contribution in [3.8, 4) is 0 Å². The first kappa shape index (κ1) is 18.4. The smallest absolute Gasteiger partial charge is 0.305 e. The lowest BCUT2D eigenvalue weighted by Crippen LogP contribution is -2.47. The summed E-state index contributed by atoms with van der Waals surface area (Å²) in [6.45, 7) is 0.590. The van der Waals surface area contributed by atoms with Crippen molar-refractivity contribution in [1.82, 2.24) is 14.9 Å². The van der Waals surface area contributed by atoms with Gasteiger partial charge in [0.1, 0.15) is 5.82 Å². The number of aryl methyl sites for hydroxylation is 1. The Balaban J connectivity index is 1.59. The van der Waals surface area contributed by atoms with Gasteiger partial charge in [-0.15, -0.1) is 0 Å². The van der Waals surface area contributed by atoms with Crippen molar-refractivity contribution in [1.29, 1.82) is 0 Å². The van der Waals surface area contributed by atoms with Crippen LogP contribution in [0.25, 0.3) is 10.9 Å². The molecule has 1 aromatic heterocycles. The van der Waals surface area contributed by atoms with Crippen LogP contribution >= 0.6 is 11.8 Å². The fourth-order valence-electron chi connectivity index (χ4n) is 3.16. The molecule has 1 aromatic carbocycles. The average molecular weight is 375 g/mol. The fourth-order valence-corrected chi connectivity index (χ4v) is 4.22. The fraction of sp³-hybridized carbons (Fsp3) is 0.444. The molecule has 0 spiro atoms. The largest absolute Gasteiger partial charge is 0.481 e. The van der Waals surface area contributed by atoms with E-state index in [1.807, 2.05) is 6.07 Å². The van der Waals surface area contributed by atoms with E-state index < -0.39 is 5.97 Å². The molecule has 8 heteroatoms. The van der Waals surface area contributed by atoms with Crippen molar-refractivity contribution in [2.75, 3.05) is 18.1 Å². The van der Waals surface area contributed by atoms with Crippen LogP contribution in [-0.2, 0) is 16.0 Å². The number of H-pyrrole nitrogens is 1. The zero-order valence-corrected chi connectivity index (χ0v) is 15.1. The molecule has 2 N–H and O–H groups in total. The molecule has 26 heavy (non-hydrogen) atoms. The predicted octanol–water partition coefficient (Wildman–Crippen LogP) is 1.66. The van der Waals surface area contributed by atoms with Crippen LogP contribution in [0.4, 0.5) is 0 Å². The van der Waals surface area contributed by atoms with Gasteiger partial charge in [-0.3, -0.25) is 14.4 Å². The summed E-state index contributed by atoms with van der Waals surface area (Å²) in [5.74, 6) is 1.16. The number of benzene rings is 1. The van der Waals surface area contributed by atoms with Crippen LogP contribution in [0.1, 0.15) is 25.1 Å². The van der Waals surface area contributed by atoms with Crippen molar-refractivity contribution in [2.45, 2.75) is 31.7 Å². The molecule has 1 aliphatic heterocycles. The Morgan fingerprint density at radius 3 is 2.96 bits per heavy atom. The van der Waals surface area contributed by atoms with Crippen LogP contribution in [0.5, 0.6) is 0 Å². The van der Waals surface area contributed by atoms with Gasteiger partial charge in [0, 0.05) is 30.9 Å². The Morgan fingerprint density at radius 2 is 2.15 bits per heavy atom. The minimum absolute atomic E-state index is 0.0156. The van der Waals surface area contributed by atoms with Gasteiger partial charge in [0.15, 0.2) is 0 Å². The highest BCUT2D eigenvalue weighted by atomic mass is 32.2. The zero-order valence-electron chi connectivity index (χ0n) is 14.3. The first-order valence-electron chi connectivity index (χ1n) is 8.61. The number of thioether (sulfide) groups is 1. The number of hydrogen-bond donors (Lipinski definition) is 2. The number of aromatic nitrogens is 2. The molecule has 1 aliphatic rings. The standard InChI is InChI=1S/C18H21N3O4S/c22-16(21-8-9-26-11-12(21)10-17(23)24)7-3-6-15-19-14-5-2-1-4-13(14)18(25)20-15/h1-2,4-5,12H,3,6-11H2,(H,23,24)(H,19,20,25). The first-order valence-corrected chi connectivity index (χ1v) is 9.77. The Hall–Kier alpha value is -2.35. The highest BCUT2D eigenvalue weighted by Crippen LogP contribution is 2.20. The summed E-state index contributed by atoms with van der Waals surface area (Å²) in [5, 5.41) is 9.56. The topological polar surface area (TPSA) is 103 Å². The second-order valence-electron chi connectivity index (χ2n) is 6.30. The molecule has 0 aliphatic carbocycles. The Kier molecular flexibility index (Phi) is 5.92. The third kappa shape index (κ3) is 4.43. The molecule has 1 saturated heterocycles. The summed E-state index contributed by atoms with van der Waals surface area (Å²) < 4.78 is 0. The number of carbonyl (C=O) groups is 2. The van der Waals surface area contributed by atoms with Gasteiger partial charge in [0.05, 0.1) is 23.4 Å². The molecule has 7 nitrogen and oxygen atoms in total. The lowest BCUT2D eigenvalue weighted by molar-refractivity contribution is -0.140. The van der Waals surface area contributed by atoms with Gasteiger partial charge in [-0.1, -0.05) is 12.1 Å². The molecule has 3 rings (SSSR count). The summed E-state index contributed by atoms with van der Waals surface area (Å²) in [6.07, 6.45) is 1.36. The second-order valence-corrected chi connectivity index (χ2v) is 7.45. The molecule has 1 atom stereocenters. The number of carbonyl (C=O) groups excluding carboxylic acids is 1. The number of rotatable bonds is 6. The van der Waals surface area contributed by atoms with Crippen molar-refractivity contribution >= 4 is 34.5 Å². The molecule has 0 bridgehead atoms. The number of nitrogens with one attached hydrogen (secondary N) is 1. The minimum atomic E-state index is -0.881. The van der Waals surface area contributed by atoms with Crippen molar-refractivity contribution in [3.63, 3.8) is 0 Å². The van der Waals surface area contributed by atoms with E-state index in [-0.39, 0.29) is 23.9 Å². The van der Waals surface area contributed by atoms with E-state index in [1.54, 1.807) is 34.9 Å². The first-order chi connectivity index (χ1) is 12.5. The Labute approximate surface area is 154 Å². The monoisotopic (exact) mass is 375 g/mol. The number of para-hydroxylation sites is 1. The lowest BCUT2D eigenvalue weighted by atomic mass is 10.1. The summed E-state index contributed by atoms with van der Waals surface area (Å²) in [5.41, 5.74) is 0.471. The highest BCUT2D eigenvalue weighted by molar-refractivity contribution is 7.99. The predicted molar refractivity (Wildman–Crippen MR) is 100 cm³/mol. The van der Waals surface area contributed by atoms with Crippen LogP contribution in [0.3, 0.4) is 0 Å². The van der Waals surface area contributed by atoms with E-state index in [4.69, 9.17) is 5.11 Å². The van der Waals surface area contributed by atoms with Crippen LogP contribution < -0.4 is 5.56 Å². The maximum atomic E-state index is 12.5. The van der Waals surface area contributed by atoms with E-state index in [1.165, 1.54) is 0 Å². The van der Waals surface area contributed by atoms with E-state index >= 15 is 0 Å². The number of fused-ring (bicyclic) bond motifs is 1. The van der Waals surface area contributed by atoms with Crippen LogP contribution in [0.15, 0.2) is 29.1 Å². The van der Waals surface area contributed by atoms with Gasteiger partial charge >= 0.3 is 5.97 Å². The SMILES string of the molecule is O=C(O)CC1CSCCN1C(=O)CCCc1nc2ccccc2c(=O)[nH]1. The van der Waals surface area contributed by atoms with Crippen molar-refractivity contribution in [3.05, 3.63) is 40.4 Å². The quantitative estimate of drug-likeness (QED) is 0.796. The zero-order chi connectivity index (χ0) is 18.5. The van der Waals surface area contributed by atoms with Gasteiger partial charge in [-0.25, -0.2) is 4.98 Å². The van der Waals surface area contributed by atoms with E-state index in [0.29, 0.717) is 48.3 Å². The number of carboxylic acid groups (broad SMARTS) is 1. The third-order valence-corrected chi connectivity index (χ3v) is 5.52. The molecular formula is C18H21N3O4S. The maximum absolute atomic E-state index is 12.5. The summed E-state index contributed by atoms with van der Waals surface area (Å²) >= 11 is 1.68. The molecular weight excluding hydrogens is 354 g/mol. The van der Waals surface area contributed by atoms with E-state index in [9.17, 15) is 14.4 Å². The van der Waals surface area contributed by atoms with Crippen LogP contribution in [0, 0.1) is 0 Å². The van der Waals surface area contributed by atoms with Crippen LogP contribution in [0.2, 0.25) is 0 Å².